The molecule has 0 fully saturated rings. The van der Waals surface area contributed by atoms with Crippen LogP contribution in [0.2, 0.25) is 0 Å². The summed E-state index contributed by atoms with van der Waals surface area (Å²) in [7, 11) is 0. The Bertz CT molecular complexity index is 562. The van der Waals surface area contributed by atoms with Gasteiger partial charge in [-0.15, -0.1) is 0 Å². The molecule has 0 saturated carbocycles. The van der Waals surface area contributed by atoms with Gasteiger partial charge in [-0.25, -0.2) is 0 Å². The van der Waals surface area contributed by atoms with E-state index < -0.39 is 0 Å². The lowest BCUT2D eigenvalue weighted by Crippen LogP contribution is -1.87. The molecular weight excluding hydrogens is 204 g/mol. The summed E-state index contributed by atoms with van der Waals surface area (Å²) in [6, 6.07) is 15.2. The fourth-order valence-electron chi connectivity index (χ4n) is 2.09. The van der Waals surface area contributed by atoms with Crippen LogP contribution < -0.4 is 0 Å². The van der Waals surface area contributed by atoms with Gasteiger partial charge in [-0.2, -0.15) is 0 Å². The van der Waals surface area contributed by atoms with E-state index in [2.05, 4.69) is 69.8 Å². The first-order valence-electron chi connectivity index (χ1n) is 5.91. The predicted octanol–water partition coefficient (Wildman–Crippen LogP) is 5.00. The van der Waals surface area contributed by atoms with Crippen LogP contribution >= 0.6 is 0 Å². The lowest BCUT2D eigenvalue weighted by atomic mass is 9.96. The molecule has 2 aromatic rings. The monoisotopic (exact) mass is 222 g/mol. The van der Waals surface area contributed by atoms with Crippen molar-refractivity contribution in [3.63, 3.8) is 0 Å². The number of hydrogen-bond acceptors (Lipinski definition) is 0. The molecule has 0 aliphatic rings. The summed E-state index contributed by atoms with van der Waals surface area (Å²) in [5, 5.41) is 0. The van der Waals surface area contributed by atoms with Crippen molar-refractivity contribution in [1.82, 2.24) is 0 Å². The molecule has 0 aromatic heterocycles. The first-order chi connectivity index (χ1) is 8.08. The van der Waals surface area contributed by atoms with E-state index in [9.17, 15) is 0 Å². The third kappa shape index (κ3) is 2.47. The molecule has 0 nitrogen and oxygen atoms in total. The first-order valence-corrected chi connectivity index (χ1v) is 5.91. The zero-order valence-corrected chi connectivity index (χ0v) is 10.7. The van der Waals surface area contributed by atoms with Gasteiger partial charge >= 0.3 is 0 Å². The zero-order valence-electron chi connectivity index (χ0n) is 10.7. The molecule has 0 unspecified atom stereocenters. The van der Waals surface area contributed by atoms with Gasteiger partial charge in [-0.1, -0.05) is 54.1 Å². The van der Waals surface area contributed by atoms with Gasteiger partial charge in [0, 0.05) is 0 Å². The van der Waals surface area contributed by atoms with Crippen molar-refractivity contribution < 1.29 is 0 Å². The second kappa shape index (κ2) is 4.58. The third-order valence-electron chi connectivity index (χ3n) is 3.05. The van der Waals surface area contributed by atoms with Crippen LogP contribution in [0, 0.1) is 13.8 Å². The molecule has 0 atom stereocenters. The van der Waals surface area contributed by atoms with E-state index in [4.69, 9.17) is 0 Å². The van der Waals surface area contributed by atoms with Crippen LogP contribution in [-0.2, 0) is 0 Å². The molecule has 0 N–H and O–H groups in total. The average Bonchev–Trinajstić information content (AvgIpc) is 2.29. The van der Waals surface area contributed by atoms with Crippen molar-refractivity contribution in [2.24, 2.45) is 0 Å². The first kappa shape index (κ1) is 11.7. The standard InChI is InChI=1S/C17H18/c1-12(2)17-11-16(9-8-14(17)4)15-7-5-6-13(3)10-15/h5-11H,1H2,2-4H3. The summed E-state index contributed by atoms with van der Waals surface area (Å²) in [4.78, 5) is 0. The van der Waals surface area contributed by atoms with E-state index in [0.717, 1.165) is 5.57 Å². The van der Waals surface area contributed by atoms with Crippen molar-refractivity contribution in [3.8, 4) is 11.1 Å². The summed E-state index contributed by atoms with van der Waals surface area (Å²) in [5.74, 6) is 0. The van der Waals surface area contributed by atoms with Gasteiger partial charge in [0.25, 0.3) is 0 Å². The molecule has 0 amide bonds. The van der Waals surface area contributed by atoms with Crippen molar-refractivity contribution in [3.05, 3.63) is 65.7 Å². The van der Waals surface area contributed by atoms with E-state index in [1.807, 2.05) is 0 Å². The largest absolute Gasteiger partial charge is 0.0955 e. The Morgan fingerprint density at radius 3 is 2.29 bits per heavy atom. The van der Waals surface area contributed by atoms with Crippen molar-refractivity contribution in [2.75, 3.05) is 0 Å². The lowest BCUT2D eigenvalue weighted by Gasteiger charge is -2.09. The summed E-state index contributed by atoms with van der Waals surface area (Å²) >= 11 is 0. The van der Waals surface area contributed by atoms with E-state index >= 15 is 0 Å². The molecule has 2 aromatic carbocycles. The van der Waals surface area contributed by atoms with Crippen LogP contribution in [0.1, 0.15) is 23.6 Å². The van der Waals surface area contributed by atoms with Gasteiger partial charge in [-0.3, -0.25) is 0 Å². The maximum absolute atomic E-state index is 4.04. The summed E-state index contributed by atoms with van der Waals surface area (Å²) < 4.78 is 0. The third-order valence-corrected chi connectivity index (χ3v) is 3.05. The molecule has 0 saturated heterocycles. The maximum Gasteiger partial charge on any atom is -0.0178 e. The Hall–Kier alpha value is -1.82. The average molecular weight is 222 g/mol. The van der Waals surface area contributed by atoms with E-state index in [-0.39, 0.29) is 0 Å². The van der Waals surface area contributed by atoms with Crippen LogP contribution in [0.5, 0.6) is 0 Å². The second-order valence-corrected chi connectivity index (χ2v) is 4.68. The molecule has 2 rings (SSSR count). The normalized spacial score (nSPS) is 10.3. The second-order valence-electron chi connectivity index (χ2n) is 4.68. The van der Waals surface area contributed by atoms with Gasteiger partial charge in [0.2, 0.25) is 0 Å². The minimum absolute atomic E-state index is 1.12. The minimum Gasteiger partial charge on any atom is -0.0955 e. The van der Waals surface area contributed by atoms with Crippen LogP contribution in [-0.4, -0.2) is 0 Å². The fraction of sp³-hybridized carbons (Fsp3) is 0.176. The van der Waals surface area contributed by atoms with Crippen LogP contribution in [0.3, 0.4) is 0 Å². The van der Waals surface area contributed by atoms with Crippen LogP contribution in [0.25, 0.3) is 16.7 Å². The van der Waals surface area contributed by atoms with Crippen LogP contribution in [0.15, 0.2) is 49.0 Å². The van der Waals surface area contributed by atoms with Crippen LogP contribution in [0.4, 0.5) is 0 Å². The molecule has 17 heavy (non-hydrogen) atoms. The number of aryl methyl sites for hydroxylation is 2. The molecule has 0 bridgehead atoms. The summed E-state index contributed by atoms with van der Waals surface area (Å²) in [6.45, 7) is 10.3. The topological polar surface area (TPSA) is 0 Å². The Morgan fingerprint density at radius 2 is 1.65 bits per heavy atom. The fourth-order valence-corrected chi connectivity index (χ4v) is 2.09. The van der Waals surface area contributed by atoms with E-state index in [1.165, 1.54) is 27.8 Å². The van der Waals surface area contributed by atoms with Crippen molar-refractivity contribution in [1.29, 1.82) is 0 Å². The van der Waals surface area contributed by atoms with Gasteiger partial charge in [0.05, 0.1) is 0 Å². The number of benzene rings is 2. The van der Waals surface area contributed by atoms with E-state index in [0.29, 0.717) is 0 Å². The molecule has 0 spiro atoms. The minimum atomic E-state index is 1.12. The van der Waals surface area contributed by atoms with Gasteiger partial charge in [0.15, 0.2) is 0 Å². The molecule has 0 radical (unpaired) electrons. The molecule has 0 aliphatic heterocycles. The Labute approximate surface area is 104 Å². The van der Waals surface area contributed by atoms with Crippen molar-refractivity contribution >= 4 is 5.57 Å². The Kier molecular flexibility index (Phi) is 3.14. The Morgan fingerprint density at radius 1 is 0.941 bits per heavy atom. The zero-order chi connectivity index (χ0) is 12.4. The highest BCUT2D eigenvalue weighted by Crippen LogP contribution is 2.26. The van der Waals surface area contributed by atoms with Gasteiger partial charge < -0.3 is 0 Å². The smallest absolute Gasteiger partial charge is 0.0178 e. The summed E-state index contributed by atoms with van der Waals surface area (Å²) in [5.41, 5.74) is 7.49. The predicted molar refractivity (Wildman–Crippen MR) is 76.1 cm³/mol. The highest BCUT2D eigenvalue weighted by atomic mass is 14.1. The molecule has 0 heterocycles. The number of rotatable bonds is 2. The quantitative estimate of drug-likeness (QED) is 0.670. The molecule has 0 aliphatic carbocycles. The highest BCUT2D eigenvalue weighted by molar-refractivity contribution is 5.73. The number of allylic oxidation sites excluding steroid dienone is 1. The summed E-state index contributed by atoms with van der Waals surface area (Å²) in [6.07, 6.45) is 0. The van der Waals surface area contributed by atoms with Gasteiger partial charge in [-0.05, 0) is 49.1 Å². The maximum atomic E-state index is 4.04. The van der Waals surface area contributed by atoms with Crippen molar-refractivity contribution in [2.45, 2.75) is 20.8 Å². The molecule has 0 heteroatoms. The molecule has 86 valence electrons. The highest BCUT2D eigenvalue weighted by Gasteiger charge is 2.03. The lowest BCUT2D eigenvalue weighted by molar-refractivity contribution is 1.40. The molecular formula is C17H18. The van der Waals surface area contributed by atoms with E-state index in [1.54, 1.807) is 0 Å². The number of hydrogen-bond donors (Lipinski definition) is 0. The SMILES string of the molecule is C=C(C)c1cc(-c2cccc(C)c2)ccc1C. The van der Waals surface area contributed by atoms with Gasteiger partial charge in [0.1, 0.15) is 0 Å². The Balaban J connectivity index is 2.54.